The van der Waals surface area contributed by atoms with E-state index in [4.69, 9.17) is 9.47 Å². The van der Waals surface area contributed by atoms with Crippen molar-refractivity contribution in [2.75, 3.05) is 0 Å². The molecule has 0 amide bonds. The molecule has 0 bridgehead atoms. The molecule has 2 aliphatic rings. The van der Waals surface area contributed by atoms with Crippen molar-refractivity contribution in [2.24, 2.45) is 5.92 Å². The van der Waals surface area contributed by atoms with Gasteiger partial charge in [-0.1, -0.05) is 30.3 Å². The number of aliphatic hydroxyl groups is 1. The van der Waals surface area contributed by atoms with Crippen LogP contribution in [0.3, 0.4) is 0 Å². The molecule has 90 valence electrons. The fourth-order valence-corrected chi connectivity index (χ4v) is 2.81. The molecule has 3 nitrogen and oxygen atoms in total. The van der Waals surface area contributed by atoms with Gasteiger partial charge >= 0.3 is 0 Å². The van der Waals surface area contributed by atoms with Crippen LogP contribution in [-0.4, -0.2) is 16.5 Å². The van der Waals surface area contributed by atoms with Crippen LogP contribution in [0.1, 0.15) is 25.5 Å². The van der Waals surface area contributed by atoms with Crippen molar-refractivity contribution in [1.29, 1.82) is 0 Å². The van der Waals surface area contributed by atoms with E-state index in [0.29, 0.717) is 0 Å². The van der Waals surface area contributed by atoms with Gasteiger partial charge < -0.3 is 14.6 Å². The van der Waals surface area contributed by atoms with Crippen molar-refractivity contribution in [3.8, 4) is 0 Å². The molecule has 3 rings (SSSR count). The van der Waals surface area contributed by atoms with Gasteiger partial charge in [0.2, 0.25) is 5.79 Å². The summed E-state index contributed by atoms with van der Waals surface area (Å²) in [4.78, 5) is 0. The molecule has 17 heavy (non-hydrogen) atoms. The standard InChI is InChI=1S/C14H16O3/c1-13(2)11-8-9-16-14(11,17-13)12(15)10-6-4-3-5-7-10/h3-9,11-12,15H,1-2H3. The van der Waals surface area contributed by atoms with Gasteiger partial charge in [0, 0.05) is 0 Å². The van der Waals surface area contributed by atoms with Gasteiger partial charge in [0.15, 0.2) is 0 Å². The van der Waals surface area contributed by atoms with Gasteiger partial charge in [-0.05, 0) is 25.5 Å². The molecule has 2 aliphatic heterocycles. The van der Waals surface area contributed by atoms with Crippen LogP contribution in [0.4, 0.5) is 0 Å². The van der Waals surface area contributed by atoms with Crippen molar-refractivity contribution < 1.29 is 14.6 Å². The molecule has 0 saturated carbocycles. The van der Waals surface area contributed by atoms with Crippen LogP contribution < -0.4 is 0 Å². The second kappa shape index (κ2) is 3.34. The molecule has 0 radical (unpaired) electrons. The Morgan fingerprint density at radius 3 is 2.59 bits per heavy atom. The molecular formula is C14H16O3. The average Bonchev–Trinajstić information content (AvgIpc) is 2.69. The van der Waals surface area contributed by atoms with Crippen molar-refractivity contribution >= 4 is 0 Å². The third kappa shape index (κ3) is 1.36. The zero-order valence-electron chi connectivity index (χ0n) is 9.96. The van der Waals surface area contributed by atoms with Crippen LogP contribution in [0.2, 0.25) is 0 Å². The van der Waals surface area contributed by atoms with Gasteiger partial charge in [0.05, 0.1) is 17.8 Å². The van der Waals surface area contributed by atoms with E-state index in [1.807, 2.05) is 50.3 Å². The molecule has 1 aromatic carbocycles. The minimum atomic E-state index is -0.926. The zero-order chi connectivity index (χ0) is 12.1. The maximum absolute atomic E-state index is 10.4. The Balaban J connectivity index is 1.91. The molecule has 3 atom stereocenters. The van der Waals surface area contributed by atoms with E-state index in [1.54, 1.807) is 6.26 Å². The molecule has 2 heterocycles. The fraction of sp³-hybridized carbons (Fsp3) is 0.429. The Morgan fingerprint density at radius 1 is 1.24 bits per heavy atom. The van der Waals surface area contributed by atoms with Crippen LogP contribution in [0.5, 0.6) is 0 Å². The first kappa shape index (κ1) is 10.8. The van der Waals surface area contributed by atoms with Crippen molar-refractivity contribution in [3.05, 3.63) is 48.2 Å². The summed E-state index contributed by atoms with van der Waals surface area (Å²) in [6.45, 7) is 4.01. The molecule has 1 aromatic rings. The Bertz CT molecular complexity index is 452. The molecule has 3 unspecified atom stereocenters. The summed E-state index contributed by atoms with van der Waals surface area (Å²) in [5.74, 6) is -0.838. The van der Waals surface area contributed by atoms with Crippen LogP contribution in [0, 0.1) is 5.92 Å². The molecule has 0 aliphatic carbocycles. The highest BCUT2D eigenvalue weighted by Gasteiger charge is 2.67. The molecule has 1 saturated heterocycles. The topological polar surface area (TPSA) is 38.7 Å². The summed E-state index contributed by atoms with van der Waals surface area (Å²) < 4.78 is 11.4. The predicted octanol–water partition coefficient (Wildman–Crippen LogP) is 2.39. The number of benzene rings is 1. The van der Waals surface area contributed by atoms with E-state index >= 15 is 0 Å². The molecule has 3 heteroatoms. The summed E-state index contributed by atoms with van der Waals surface area (Å²) in [6.07, 6.45) is 2.83. The zero-order valence-corrected chi connectivity index (χ0v) is 9.96. The summed E-state index contributed by atoms with van der Waals surface area (Å²) in [6, 6.07) is 9.48. The first-order valence-electron chi connectivity index (χ1n) is 5.84. The molecule has 0 aromatic heterocycles. The lowest BCUT2D eigenvalue weighted by molar-refractivity contribution is -0.409. The Morgan fingerprint density at radius 2 is 1.94 bits per heavy atom. The fourth-order valence-electron chi connectivity index (χ4n) is 2.81. The van der Waals surface area contributed by atoms with Gasteiger partial charge in [0.1, 0.15) is 6.10 Å². The van der Waals surface area contributed by atoms with Gasteiger partial charge in [-0.15, -0.1) is 0 Å². The SMILES string of the molecule is CC1(C)OC2(C(O)c3ccccc3)OC=CC12. The van der Waals surface area contributed by atoms with Crippen molar-refractivity contribution in [3.63, 3.8) is 0 Å². The van der Waals surface area contributed by atoms with Gasteiger partial charge in [-0.3, -0.25) is 0 Å². The number of rotatable bonds is 2. The lowest BCUT2D eigenvalue weighted by Gasteiger charge is -2.56. The third-order valence-corrected chi connectivity index (χ3v) is 3.62. The monoisotopic (exact) mass is 232 g/mol. The highest BCUT2D eigenvalue weighted by atomic mass is 16.7. The van der Waals surface area contributed by atoms with Crippen molar-refractivity contribution in [2.45, 2.75) is 31.3 Å². The van der Waals surface area contributed by atoms with Gasteiger partial charge in [-0.25, -0.2) is 0 Å². The molecule has 1 fully saturated rings. The lowest BCUT2D eigenvalue weighted by atomic mass is 9.74. The largest absolute Gasteiger partial charge is 0.466 e. The number of aliphatic hydroxyl groups excluding tert-OH is 1. The smallest absolute Gasteiger partial charge is 0.249 e. The minimum Gasteiger partial charge on any atom is -0.466 e. The van der Waals surface area contributed by atoms with E-state index in [-0.39, 0.29) is 11.5 Å². The van der Waals surface area contributed by atoms with Crippen LogP contribution in [0.25, 0.3) is 0 Å². The number of fused-ring (bicyclic) bond motifs is 1. The maximum Gasteiger partial charge on any atom is 0.249 e. The Kier molecular flexibility index (Phi) is 2.12. The van der Waals surface area contributed by atoms with E-state index in [0.717, 1.165) is 5.56 Å². The maximum atomic E-state index is 10.4. The highest BCUT2D eigenvalue weighted by Crippen LogP contribution is 2.57. The van der Waals surface area contributed by atoms with Crippen molar-refractivity contribution in [1.82, 2.24) is 0 Å². The lowest BCUT2D eigenvalue weighted by Crippen LogP contribution is -2.66. The summed E-state index contributed by atoms with van der Waals surface area (Å²) in [5, 5.41) is 10.4. The van der Waals surface area contributed by atoms with Crippen LogP contribution in [-0.2, 0) is 9.47 Å². The molecule has 0 spiro atoms. The van der Waals surface area contributed by atoms with E-state index in [9.17, 15) is 5.11 Å². The third-order valence-electron chi connectivity index (χ3n) is 3.62. The summed E-state index contributed by atoms with van der Waals surface area (Å²) in [7, 11) is 0. The number of ether oxygens (including phenoxy) is 2. The number of hydrogen-bond donors (Lipinski definition) is 1. The summed E-state index contributed by atoms with van der Waals surface area (Å²) in [5.41, 5.74) is 0.541. The van der Waals surface area contributed by atoms with E-state index < -0.39 is 11.9 Å². The minimum absolute atomic E-state index is 0.0882. The first-order valence-corrected chi connectivity index (χ1v) is 5.84. The second-order valence-electron chi connectivity index (χ2n) is 5.16. The van der Waals surface area contributed by atoms with Crippen LogP contribution >= 0.6 is 0 Å². The van der Waals surface area contributed by atoms with Gasteiger partial charge in [0.25, 0.3) is 0 Å². The Labute approximate surface area is 101 Å². The molecular weight excluding hydrogens is 216 g/mol. The van der Waals surface area contributed by atoms with Gasteiger partial charge in [-0.2, -0.15) is 0 Å². The highest BCUT2D eigenvalue weighted by molar-refractivity contribution is 5.26. The normalized spacial score (nSPS) is 34.6. The quantitative estimate of drug-likeness (QED) is 0.850. The predicted molar refractivity (Wildman–Crippen MR) is 63.0 cm³/mol. The molecule has 1 N–H and O–H groups in total. The van der Waals surface area contributed by atoms with E-state index in [2.05, 4.69) is 0 Å². The Hall–Kier alpha value is -1.32. The number of hydrogen-bond acceptors (Lipinski definition) is 3. The van der Waals surface area contributed by atoms with E-state index in [1.165, 1.54) is 0 Å². The second-order valence-corrected chi connectivity index (χ2v) is 5.16. The summed E-state index contributed by atoms with van der Waals surface area (Å²) >= 11 is 0. The average molecular weight is 232 g/mol. The first-order chi connectivity index (χ1) is 8.06. The van der Waals surface area contributed by atoms with Crippen LogP contribution in [0.15, 0.2) is 42.7 Å².